The molecular weight excluding hydrogens is 558 g/mol. The number of terminal acetylenes is 1. The van der Waals surface area contributed by atoms with Crippen molar-refractivity contribution in [2.24, 2.45) is 11.1 Å². The Morgan fingerprint density at radius 1 is 1.07 bits per heavy atom. The highest BCUT2D eigenvalue weighted by atomic mass is 16.5. The lowest BCUT2D eigenvalue weighted by molar-refractivity contribution is -0.141. The monoisotopic (exact) mass is 601 g/mol. The molecular formula is C34H43N5O5. The van der Waals surface area contributed by atoms with Crippen LogP contribution in [0.5, 0.6) is 5.75 Å². The number of aromatic nitrogens is 3. The van der Waals surface area contributed by atoms with Crippen molar-refractivity contribution in [1.82, 2.24) is 19.9 Å². The smallest absolute Gasteiger partial charge is 0.305 e. The average Bonchev–Trinajstić information content (AvgIpc) is 3.57. The number of primary amides is 1. The molecule has 0 spiro atoms. The summed E-state index contributed by atoms with van der Waals surface area (Å²) in [6, 6.07) is 12.4. The second-order valence-electron chi connectivity index (χ2n) is 12.8. The van der Waals surface area contributed by atoms with Gasteiger partial charge in [0.1, 0.15) is 18.4 Å². The lowest BCUT2D eigenvalue weighted by Crippen LogP contribution is -2.45. The van der Waals surface area contributed by atoms with E-state index in [0.717, 1.165) is 16.8 Å². The van der Waals surface area contributed by atoms with Crippen LogP contribution >= 0.6 is 0 Å². The summed E-state index contributed by atoms with van der Waals surface area (Å²) in [7, 11) is 1.27. The highest BCUT2D eigenvalue weighted by Crippen LogP contribution is 2.33. The highest BCUT2D eigenvalue weighted by Gasteiger charge is 2.37. The number of amides is 2. The number of hydrogen-bond donors (Lipinski definition) is 1. The third-order valence-electron chi connectivity index (χ3n) is 7.01. The number of fused-ring (bicyclic) bond motifs is 1. The van der Waals surface area contributed by atoms with Gasteiger partial charge in [0.05, 0.1) is 25.9 Å². The number of carbonyl (C=O) groups excluding carboxylic acids is 3. The zero-order valence-electron chi connectivity index (χ0n) is 26.7. The zero-order valence-corrected chi connectivity index (χ0v) is 26.7. The van der Waals surface area contributed by atoms with Crippen molar-refractivity contribution in [1.29, 1.82) is 0 Å². The minimum absolute atomic E-state index is 0.0156. The second-order valence-corrected chi connectivity index (χ2v) is 12.8. The van der Waals surface area contributed by atoms with E-state index in [1.165, 1.54) is 12.0 Å². The number of methoxy groups -OCH3 is 1. The molecule has 1 unspecified atom stereocenters. The normalized spacial score (nSPS) is 13.3. The van der Waals surface area contributed by atoms with E-state index in [2.05, 4.69) is 41.7 Å². The molecule has 1 atom stereocenters. The largest absolute Gasteiger partial charge is 0.489 e. The van der Waals surface area contributed by atoms with Crippen LogP contribution in [0.4, 0.5) is 0 Å². The quantitative estimate of drug-likeness (QED) is 0.265. The van der Waals surface area contributed by atoms with Crippen molar-refractivity contribution in [3.63, 3.8) is 0 Å². The first-order valence-corrected chi connectivity index (χ1v) is 14.5. The molecule has 0 radical (unpaired) electrons. The predicted molar refractivity (Wildman–Crippen MR) is 167 cm³/mol. The minimum atomic E-state index is -0.918. The van der Waals surface area contributed by atoms with Gasteiger partial charge in [0.2, 0.25) is 5.91 Å². The molecule has 3 aromatic rings. The Balaban J connectivity index is 0.000000801. The number of carbonyl (C=O) groups is 3. The van der Waals surface area contributed by atoms with Gasteiger partial charge in [-0.1, -0.05) is 56.3 Å². The molecule has 4 rings (SSSR count). The van der Waals surface area contributed by atoms with E-state index in [9.17, 15) is 14.4 Å². The SMILES string of the molecule is C#CC(C)(C)C.COC(=O)CCC(C(N)=O)N1Cc2c(OCc3ccc(Cn4cc(C(C)(C)C)nn4)cc3)cccc2C1=O. The molecule has 1 aliphatic rings. The van der Waals surface area contributed by atoms with Crippen molar-refractivity contribution in [3.8, 4) is 18.1 Å². The summed E-state index contributed by atoms with van der Waals surface area (Å²) in [5.74, 6) is 1.72. The van der Waals surface area contributed by atoms with Crippen LogP contribution < -0.4 is 10.5 Å². The molecule has 0 fully saturated rings. The van der Waals surface area contributed by atoms with Crippen LogP contribution in [0, 0.1) is 17.8 Å². The standard InChI is InChI=1S/C28H33N5O5.C6H10/c1-28(2,3)24-16-32(31-30-24)14-18-8-10-19(11-9-18)17-38-23-7-5-6-20-21(23)15-33(27(20)36)22(26(29)35)12-13-25(34)37-4;1-5-6(2,3)4/h5-11,16,22H,12-15,17H2,1-4H3,(H2,29,35);1H,2-4H3. The molecule has 234 valence electrons. The molecule has 44 heavy (non-hydrogen) atoms. The first kappa shape index (κ1) is 33.8. The van der Waals surface area contributed by atoms with E-state index in [4.69, 9.17) is 16.9 Å². The maximum atomic E-state index is 13.1. The van der Waals surface area contributed by atoms with Crippen LogP contribution in [0.2, 0.25) is 0 Å². The van der Waals surface area contributed by atoms with Crippen molar-refractivity contribution in [3.05, 3.63) is 76.6 Å². The van der Waals surface area contributed by atoms with Crippen LogP contribution in [-0.2, 0) is 39.4 Å². The van der Waals surface area contributed by atoms with E-state index in [-0.39, 0.29) is 36.1 Å². The van der Waals surface area contributed by atoms with Crippen molar-refractivity contribution < 1.29 is 23.9 Å². The first-order chi connectivity index (χ1) is 20.6. The Kier molecular flexibility index (Phi) is 10.9. The predicted octanol–water partition coefficient (Wildman–Crippen LogP) is 4.63. The number of hydrogen-bond acceptors (Lipinski definition) is 7. The van der Waals surface area contributed by atoms with Gasteiger partial charge in [0.25, 0.3) is 5.91 Å². The molecule has 0 saturated carbocycles. The molecule has 10 nitrogen and oxygen atoms in total. The van der Waals surface area contributed by atoms with Gasteiger partial charge in [0, 0.05) is 34.6 Å². The fourth-order valence-electron chi connectivity index (χ4n) is 4.33. The molecule has 2 aromatic carbocycles. The molecule has 10 heteroatoms. The van der Waals surface area contributed by atoms with Crippen molar-refractivity contribution in [2.45, 2.75) is 85.5 Å². The fourth-order valence-corrected chi connectivity index (χ4v) is 4.33. The summed E-state index contributed by atoms with van der Waals surface area (Å²) in [6.45, 7) is 13.4. The van der Waals surface area contributed by atoms with Crippen molar-refractivity contribution in [2.75, 3.05) is 7.11 Å². The number of nitrogens with zero attached hydrogens (tertiary/aromatic N) is 4. The lowest BCUT2D eigenvalue weighted by atomic mass is 9.93. The van der Waals surface area contributed by atoms with Crippen LogP contribution in [0.15, 0.2) is 48.7 Å². The summed E-state index contributed by atoms with van der Waals surface area (Å²) in [4.78, 5) is 38.1. The number of ether oxygens (including phenoxy) is 2. The third-order valence-corrected chi connectivity index (χ3v) is 7.01. The molecule has 0 saturated heterocycles. The topological polar surface area (TPSA) is 130 Å². The van der Waals surface area contributed by atoms with Crippen LogP contribution in [0.1, 0.15) is 87.1 Å². The number of rotatable bonds is 10. The Hall–Kier alpha value is -4.65. The van der Waals surface area contributed by atoms with E-state index in [0.29, 0.717) is 30.0 Å². The maximum absolute atomic E-state index is 13.1. The zero-order chi connectivity index (χ0) is 32.7. The van der Waals surface area contributed by atoms with Gasteiger partial charge in [-0.2, -0.15) is 0 Å². The molecule has 1 aromatic heterocycles. The summed E-state index contributed by atoms with van der Waals surface area (Å²) in [6.07, 6.45) is 7.10. The molecule has 1 aliphatic heterocycles. The fraction of sp³-hybridized carbons (Fsp3) is 0.441. The van der Waals surface area contributed by atoms with Gasteiger partial charge in [-0.15, -0.1) is 17.4 Å². The Morgan fingerprint density at radius 2 is 1.70 bits per heavy atom. The Morgan fingerprint density at radius 3 is 2.25 bits per heavy atom. The molecule has 2 heterocycles. The van der Waals surface area contributed by atoms with Gasteiger partial charge < -0.3 is 20.1 Å². The van der Waals surface area contributed by atoms with E-state index in [1.807, 2.05) is 55.9 Å². The summed E-state index contributed by atoms with van der Waals surface area (Å²) < 4.78 is 12.6. The van der Waals surface area contributed by atoms with Crippen molar-refractivity contribution >= 4 is 17.8 Å². The third kappa shape index (κ3) is 9.17. The number of nitrogens with two attached hydrogens (primary N) is 1. The lowest BCUT2D eigenvalue weighted by Gasteiger charge is -2.24. The van der Waals surface area contributed by atoms with Gasteiger partial charge in [-0.3, -0.25) is 14.4 Å². The second kappa shape index (κ2) is 14.2. The maximum Gasteiger partial charge on any atom is 0.305 e. The Bertz CT molecular complexity index is 1510. The molecule has 0 aliphatic carbocycles. The van der Waals surface area contributed by atoms with Gasteiger partial charge >= 0.3 is 5.97 Å². The molecule has 0 bridgehead atoms. The highest BCUT2D eigenvalue weighted by molar-refractivity contribution is 6.01. The summed E-state index contributed by atoms with van der Waals surface area (Å²) >= 11 is 0. The van der Waals surface area contributed by atoms with Gasteiger partial charge in [-0.25, -0.2) is 4.68 Å². The summed E-state index contributed by atoms with van der Waals surface area (Å²) in [5.41, 5.74) is 9.74. The molecule has 2 N–H and O–H groups in total. The number of esters is 1. The summed E-state index contributed by atoms with van der Waals surface area (Å²) in [5, 5.41) is 8.49. The Labute approximate surface area is 259 Å². The average molecular weight is 602 g/mol. The van der Waals surface area contributed by atoms with E-state index < -0.39 is 17.9 Å². The molecule has 2 amide bonds. The van der Waals surface area contributed by atoms with E-state index >= 15 is 0 Å². The van der Waals surface area contributed by atoms with Gasteiger partial charge in [-0.05, 0) is 50.5 Å². The van der Waals surface area contributed by atoms with Crippen LogP contribution in [-0.4, -0.2) is 50.8 Å². The van der Waals surface area contributed by atoms with Crippen LogP contribution in [0.3, 0.4) is 0 Å². The first-order valence-electron chi connectivity index (χ1n) is 14.5. The van der Waals surface area contributed by atoms with E-state index in [1.54, 1.807) is 18.2 Å². The van der Waals surface area contributed by atoms with Crippen LogP contribution in [0.25, 0.3) is 0 Å². The number of benzene rings is 2. The minimum Gasteiger partial charge on any atom is -0.489 e. The van der Waals surface area contributed by atoms with Gasteiger partial charge in [0.15, 0.2) is 0 Å².